The number of pyridine rings is 1. The third kappa shape index (κ3) is 3.59. The maximum Gasteiger partial charge on any atom is 0.142 e. The van der Waals surface area contributed by atoms with Gasteiger partial charge in [-0.2, -0.15) is 0 Å². The molecule has 5 nitrogen and oxygen atoms in total. The predicted molar refractivity (Wildman–Crippen MR) is 75.5 cm³/mol. The number of nitrogens with zero attached hydrogens (tertiary/aromatic N) is 2. The van der Waals surface area contributed by atoms with Crippen LogP contribution in [0.1, 0.15) is 21.8 Å². The quantitative estimate of drug-likeness (QED) is 0.479. The largest absolute Gasteiger partial charge is 0.382 e. The molecule has 0 radical (unpaired) electrons. The van der Waals surface area contributed by atoms with Gasteiger partial charge < -0.3 is 10.5 Å². The standard InChI is InChI=1S/C13H16N4OS/c1-9-11(19-8-17-9)4-6-18-7-10-3-2-5-16-12(10)13(14)15/h2-3,5,8H,4,6-7H2,1H3,(H3,14,15). The molecule has 0 saturated heterocycles. The van der Waals surface area contributed by atoms with Gasteiger partial charge in [0, 0.05) is 23.1 Å². The van der Waals surface area contributed by atoms with E-state index in [1.807, 2.05) is 24.6 Å². The smallest absolute Gasteiger partial charge is 0.142 e. The van der Waals surface area contributed by atoms with Gasteiger partial charge in [0.15, 0.2) is 0 Å². The summed E-state index contributed by atoms with van der Waals surface area (Å²) in [7, 11) is 0. The SMILES string of the molecule is Cc1ncsc1CCOCc1cccnc1C(=N)N. The monoisotopic (exact) mass is 276 g/mol. The molecule has 100 valence electrons. The molecule has 0 fully saturated rings. The Hall–Kier alpha value is -1.79. The van der Waals surface area contributed by atoms with E-state index in [9.17, 15) is 0 Å². The minimum absolute atomic E-state index is 0.0301. The minimum Gasteiger partial charge on any atom is -0.382 e. The highest BCUT2D eigenvalue weighted by Gasteiger charge is 2.06. The second kappa shape index (κ2) is 6.40. The van der Waals surface area contributed by atoms with Gasteiger partial charge in [-0.1, -0.05) is 6.07 Å². The Bertz CT molecular complexity index is 567. The van der Waals surface area contributed by atoms with E-state index >= 15 is 0 Å². The molecular formula is C13H16N4OS. The lowest BCUT2D eigenvalue weighted by molar-refractivity contribution is 0.124. The van der Waals surface area contributed by atoms with Crippen molar-refractivity contribution in [3.8, 4) is 0 Å². The van der Waals surface area contributed by atoms with Crippen molar-refractivity contribution >= 4 is 17.2 Å². The van der Waals surface area contributed by atoms with Crippen molar-refractivity contribution in [3.05, 3.63) is 45.7 Å². The van der Waals surface area contributed by atoms with Crippen LogP contribution in [0.5, 0.6) is 0 Å². The van der Waals surface area contributed by atoms with E-state index in [1.54, 1.807) is 17.5 Å². The number of nitrogens with two attached hydrogens (primary N) is 1. The number of aryl methyl sites for hydroxylation is 1. The molecule has 6 heteroatoms. The lowest BCUT2D eigenvalue weighted by Crippen LogP contribution is -2.16. The Kier molecular flexibility index (Phi) is 4.59. The normalized spacial score (nSPS) is 10.6. The van der Waals surface area contributed by atoms with E-state index in [0.29, 0.717) is 18.9 Å². The number of nitrogens with one attached hydrogen (secondary N) is 1. The number of nitrogen functional groups attached to an aromatic ring is 1. The molecule has 2 rings (SSSR count). The summed E-state index contributed by atoms with van der Waals surface area (Å²) >= 11 is 1.65. The topological polar surface area (TPSA) is 84.9 Å². The van der Waals surface area contributed by atoms with Gasteiger partial charge in [0.2, 0.25) is 0 Å². The van der Waals surface area contributed by atoms with Gasteiger partial charge in [-0.15, -0.1) is 11.3 Å². The molecule has 0 aliphatic heterocycles. The molecule has 19 heavy (non-hydrogen) atoms. The van der Waals surface area contributed by atoms with Crippen molar-refractivity contribution < 1.29 is 4.74 Å². The first-order valence-electron chi connectivity index (χ1n) is 5.93. The highest BCUT2D eigenvalue weighted by Crippen LogP contribution is 2.13. The fraction of sp³-hybridized carbons (Fsp3) is 0.308. The van der Waals surface area contributed by atoms with Gasteiger partial charge in [0.1, 0.15) is 11.5 Å². The molecule has 0 aliphatic rings. The molecule has 0 aliphatic carbocycles. The van der Waals surface area contributed by atoms with Crippen LogP contribution in [0.2, 0.25) is 0 Å². The van der Waals surface area contributed by atoms with Crippen LogP contribution in [-0.4, -0.2) is 22.4 Å². The van der Waals surface area contributed by atoms with Crippen LogP contribution in [-0.2, 0) is 17.8 Å². The highest BCUT2D eigenvalue weighted by atomic mass is 32.1. The Morgan fingerprint density at radius 3 is 3.00 bits per heavy atom. The van der Waals surface area contributed by atoms with Crippen LogP contribution in [0, 0.1) is 12.3 Å². The third-order valence-electron chi connectivity index (χ3n) is 2.72. The lowest BCUT2D eigenvalue weighted by atomic mass is 10.2. The van der Waals surface area contributed by atoms with Crippen molar-refractivity contribution in [3.63, 3.8) is 0 Å². The van der Waals surface area contributed by atoms with Crippen molar-refractivity contribution in [2.45, 2.75) is 20.0 Å². The van der Waals surface area contributed by atoms with Crippen LogP contribution in [0.3, 0.4) is 0 Å². The molecule has 3 N–H and O–H groups in total. The number of amidine groups is 1. The molecule has 0 amide bonds. The number of ether oxygens (including phenoxy) is 1. The number of rotatable bonds is 6. The average Bonchev–Trinajstić information content (AvgIpc) is 2.80. The average molecular weight is 276 g/mol. The number of aromatic nitrogens is 2. The molecule has 0 atom stereocenters. The van der Waals surface area contributed by atoms with Crippen LogP contribution in [0.15, 0.2) is 23.8 Å². The summed E-state index contributed by atoms with van der Waals surface area (Å²) in [5.41, 5.74) is 9.73. The van der Waals surface area contributed by atoms with Gasteiger partial charge in [-0.3, -0.25) is 10.4 Å². The van der Waals surface area contributed by atoms with Crippen molar-refractivity contribution in [1.82, 2.24) is 9.97 Å². The van der Waals surface area contributed by atoms with Crippen LogP contribution < -0.4 is 5.73 Å². The van der Waals surface area contributed by atoms with Crippen molar-refractivity contribution in [2.75, 3.05) is 6.61 Å². The first-order valence-corrected chi connectivity index (χ1v) is 6.81. The molecule has 2 aromatic heterocycles. The summed E-state index contributed by atoms with van der Waals surface area (Å²) in [4.78, 5) is 9.53. The van der Waals surface area contributed by atoms with E-state index < -0.39 is 0 Å². The molecule has 0 unspecified atom stereocenters. The minimum atomic E-state index is -0.0301. The molecule has 0 aromatic carbocycles. The Morgan fingerprint density at radius 1 is 1.47 bits per heavy atom. The highest BCUT2D eigenvalue weighted by molar-refractivity contribution is 7.09. The third-order valence-corrected chi connectivity index (χ3v) is 3.72. The van der Waals surface area contributed by atoms with E-state index in [2.05, 4.69) is 9.97 Å². The van der Waals surface area contributed by atoms with E-state index in [0.717, 1.165) is 17.7 Å². The zero-order valence-electron chi connectivity index (χ0n) is 10.7. The maximum atomic E-state index is 7.45. The Balaban J connectivity index is 1.86. The number of thiazole rings is 1. The Morgan fingerprint density at radius 2 is 2.32 bits per heavy atom. The fourth-order valence-corrected chi connectivity index (χ4v) is 2.47. The summed E-state index contributed by atoms with van der Waals surface area (Å²) in [5, 5.41) is 7.45. The molecule has 0 saturated carbocycles. The summed E-state index contributed by atoms with van der Waals surface area (Å²) in [6.07, 6.45) is 2.48. The molecule has 2 aromatic rings. The first-order chi connectivity index (χ1) is 9.18. The van der Waals surface area contributed by atoms with Gasteiger partial charge in [0.05, 0.1) is 24.4 Å². The van der Waals surface area contributed by atoms with Crippen LogP contribution >= 0.6 is 11.3 Å². The summed E-state index contributed by atoms with van der Waals surface area (Å²) in [5.74, 6) is -0.0301. The van der Waals surface area contributed by atoms with Gasteiger partial charge in [-0.25, -0.2) is 4.98 Å². The Labute approximate surface area is 116 Å². The zero-order chi connectivity index (χ0) is 13.7. The maximum absolute atomic E-state index is 7.45. The van der Waals surface area contributed by atoms with E-state index in [4.69, 9.17) is 15.9 Å². The van der Waals surface area contributed by atoms with E-state index in [-0.39, 0.29) is 5.84 Å². The van der Waals surface area contributed by atoms with Crippen LogP contribution in [0.4, 0.5) is 0 Å². The van der Waals surface area contributed by atoms with Crippen LogP contribution in [0.25, 0.3) is 0 Å². The lowest BCUT2D eigenvalue weighted by Gasteiger charge is -2.07. The van der Waals surface area contributed by atoms with Gasteiger partial charge in [-0.05, 0) is 13.0 Å². The number of hydrogen-bond donors (Lipinski definition) is 2. The zero-order valence-corrected chi connectivity index (χ0v) is 11.5. The van der Waals surface area contributed by atoms with Gasteiger partial charge >= 0.3 is 0 Å². The summed E-state index contributed by atoms with van der Waals surface area (Å²) in [6, 6.07) is 3.69. The summed E-state index contributed by atoms with van der Waals surface area (Å²) < 4.78 is 5.63. The molecular weight excluding hydrogens is 260 g/mol. The molecule has 0 spiro atoms. The number of hydrogen-bond acceptors (Lipinski definition) is 5. The fourth-order valence-electron chi connectivity index (χ4n) is 1.71. The predicted octanol–water partition coefficient (Wildman–Crippen LogP) is 1.89. The van der Waals surface area contributed by atoms with E-state index in [1.165, 1.54) is 4.88 Å². The first kappa shape index (κ1) is 13.6. The second-order valence-electron chi connectivity index (χ2n) is 4.09. The summed E-state index contributed by atoms with van der Waals surface area (Å²) in [6.45, 7) is 3.04. The van der Waals surface area contributed by atoms with Crippen molar-refractivity contribution in [1.29, 1.82) is 5.41 Å². The molecule has 0 bridgehead atoms. The van der Waals surface area contributed by atoms with Crippen molar-refractivity contribution in [2.24, 2.45) is 5.73 Å². The van der Waals surface area contributed by atoms with Gasteiger partial charge in [0.25, 0.3) is 0 Å². The molecule has 2 heterocycles. The second-order valence-corrected chi connectivity index (χ2v) is 5.03.